The highest BCUT2D eigenvalue weighted by Crippen LogP contribution is 2.19. The van der Waals surface area contributed by atoms with E-state index in [9.17, 15) is 4.79 Å². The molecular weight excluding hydrogens is 264 g/mol. The molecule has 0 saturated carbocycles. The van der Waals surface area contributed by atoms with E-state index in [1.54, 1.807) is 19.3 Å². The van der Waals surface area contributed by atoms with Gasteiger partial charge in [0.05, 0.1) is 0 Å². The average molecular weight is 284 g/mol. The standard InChI is InChI=1S/C17H20N2O2/c1-3-15-8-4-5-9-16(15)21-13(2)17(20)19-12-14-7-6-10-18-11-14/h4-11,13H,3,12H2,1-2H3,(H,19,20)/t13-/m0/s1. The number of aromatic nitrogens is 1. The zero-order chi connectivity index (χ0) is 15.1. The highest BCUT2D eigenvalue weighted by atomic mass is 16.5. The Bertz CT molecular complexity index is 584. The Kier molecular flexibility index (Phi) is 5.32. The van der Waals surface area contributed by atoms with Crippen LogP contribution in [0.5, 0.6) is 5.75 Å². The van der Waals surface area contributed by atoms with Gasteiger partial charge in [-0.15, -0.1) is 0 Å². The number of carbonyl (C=O) groups excluding carboxylic acids is 1. The molecule has 0 unspecified atom stereocenters. The summed E-state index contributed by atoms with van der Waals surface area (Å²) < 4.78 is 5.76. The molecule has 0 radical (unpaired) electrons. The van der Waals surface area contributed by atoms with Crippen LogP contribution >= 0.6 is 0 Å². The van der Waals surface area contributed by atoms with Gasteiger partial charge in [0.2, 0.25) is 0 Å². The first-order valence-electron chi connectivity index (χ1n) is 7.12. The minimum absolute atomic E-state index is 0.134. The second-order valence-electron chi connectivity index (χ2n) is 4.80. The molecule has 0 fully saturated rings. The SMILES string of the molecule is CCc1ccccc1O[C@@H](C)C(=O)NCc1cccnc1. The molecule has 4 nitrogen and oxygen atoms in total. The molecule has 4 heteroatoms. The van der Waals surface area contributed by atoms with Crippen LogP contribution in [0.4, 0.5) is 0 Å². The largest absolute Gasteiger partial charge is 0.481 e. The van der Waals surface area contributed by atoms with Crippen LogP contribution in [0.1, 0.15) is 25.0 Å². The van der Waals surface area contributed by atoms with Crippen LogP contribution in [0.25, 0.3) is 0 Å². The van der Waals surface area contributed by atoms with Crippen LogP contribution in [-0.2, 0) is 17.8 Å². The number of para-hydroxylation sites is 1. The summed E-state index contributed by atoms with van der Waals surface area (Å²) in [4.78, 5) is 16.1. The maximum atomic E-state index is 12.1. The number of nitrogens with zero attached hydrogens (tertiary/aromatic N) is 1. The molecular formula is C17H20N2O2. The minimum atomic E-state index is -0.533. The molecule has 2 aromatic rings. The van der Waals surface area contributed by atoms with E-state index in [1.165, 1.54) is 0 Å². The number of aryl methyl sites for hydroxylation is 1. The lowest BCUT2D eigenvalue weighted by Crippen LogP contribution is -2.36. The van der Waals surface area contributed by atoms with Crippen molar-refractivity contribution in [2.24, 2.45) is 0 Å². The Labute approximate surface area is 125 Å². The Morgan fingerprint density at radius 1 is 1.29 bits per heavy atom. The summed E-state index contributed by atoms with van der Waals surface area (Å²) in [7, 11) is 0. The van der Waals surface area contributed by atoms with Crippen LogP contribution in [0.3, 0.4) is 0 Å². The molecule has 21 heavy (non-hydrogen) atoms. The van der Waals surface area contributed by atoms with E-state index >= 15 is 0 Å². The smallest absolute Gasteiger partial charge is 0.261 e. The summed E-state index contributed by atoms with van der Waals surface area (Å²) in [6, 6.07) is 11.6. The summed E-state index contributed by atoms with van der Waals surface area (Å²) in [6.45, 7) is 4.27. The van der Waals surface area contributed by atoms with E-state index in [0.29, 0.717) is 6.54 Å². The van der Waals surface area contributed by atoms with Gasteiger partial charge in [0, 0.05) is 18.9 Å². The van der Waals surface area contributed by atoms with Crippen molar-refractivity contribution < 1.29 is 9.53 Å². The predicted octanol–water partition coefficient (Wildman–Crippen LogP) is 2.73. The number of hydrogen-bond donors (Lipinski definition) is 1. The van der Waals surface area contributed by atoms with Crippen LogP contribution < -0.4 is 10.1 Å². The number of carbonyl (C=O) groups is 1. The second kappa shape index (κ2) is 7.43. The van der Waals surface area contributed by atoms with Crippen molar-refractivity contribution in [1.29, 1.82) is 0 Å². The molecule has 0 aliphatic carbocycles. The van der Waals surface area contributed by atoms with Gasteiger partial charge in [0.15, 0.2) is 6.10 Å². The van der Waals surface area contributed by atoms with Crippen molar-refractivity contribution in [3.63, 3.8) is 0 Å². The number of ether oxygens (including phenoxy) is 1. The van der Waals surface area contributed by atoms with Gasteiger partial charge in [0.1, 0.15) is 5.75 Å². The quantitative estimate of drug-likeness (QED) is 0.887. The topological polar surface area (TPSA) is 51.2 Å². The Hall–Kier alpha value is -2.36. The Morgan fingerprint density at radius 2 is 2.10 bits per heavy atom. The summed E-state index contributed by atoms with van der Waals surface area (Å²) >= 11 is 0. The molecule has 110 valence electrons. The van der Waals surface area contributed by atoms with Crippen LogP contribution in [0.15, 0.2) is 48.8 Å². The van der Waals surface area contributed by atoms with Gasteiger partial charge in [-0.2, -0.15) is 0 Å². The summed E-state index contributed by atoms with van der Waals surface area (Å²) in [5, 5.41) is 2.85. The predicted molar refractivity (Wildman–Crippen MR) is 82.0 cm³/mol. The molecule has 1 N–H and O–H groups in total. The monoisotopic (exact) mass is 284 g/mol. The number of rotatable bonds is 6. The van der Waals surface area contributed by atoms with Gasteiger partial charge in [-0.3, -0.25) is 9.78 Å². The lowest BCUT2D eigenvalue weighted by molar-refractivity contribution is -0.127. The van der Waals surface area contributed by atoms with Crippen LogP contribution in [0.2, 0.25) is 0 Å². The molecule has 1 aromatic carbocycles. The fourth-order valence-corrected chi connectivity index (χ4v) is 1.99. The summed E-state index contributed by atoms with van der Waals surface area (Å²) in [6.07, 6.45) is 3.78. The first-order valence-corrected chi connectivity index (χ1v) is 7.12. The van der Waals surface area contributed by atoms with Crippen LogP contribution in [-0.4, -0.2) is 17.0 Å². The molecule has 0 aliphatic heterocycles. The highest BCUT2D eigenvalue weighted by Gasteiger charge is 2.15. The van der Waals surface area contributed by atoms with Gasteiger partial charge >= 0.3 is 0 Å². The zero-order valence-corrected chi connectivity index (χ0v) is 12.4. The van der Waals surface area contributed by atoms with Crippen molar-refractivity contribution in [2.45, 2.75) is 32.9 Å². The van der Waals surface area contributed by atoms with Gasteiger partial charge in [-0.1, -0.05) is 31.2 Å². The van der Waals surface area contributed by atoms with E-state index in [-0.39, 0.29) is 5.91 Å². The zero-order valence-electron chi connectivity index (χ0n) is 12.4. The van der Waals surface area contributed by atoms with E-state index in [2.05, 4.69) is 17.2 Å². The Morgan fingerprint density at radius 3 is 2.81 bits per heavy atom. The lowest BCUT2D eigenvalue weighted by Gasteiger charge is -2.16. The van der Waals surface area contributed by atoms with Crippen molar-refractivity contribution >= 4 is 5.91 Å². The molecule has 1 aromatic heterocycles. The molecule has 2 rings (SSSR count). The van der Waals surface area contributed by atoms with E-state index in [0.717, 1.165) is 23.3 Å². The maximum Gasteiger partial charge on any atom is 0.261 e. The van der Waals surface area contributed by atoms with E-state index < -0.39 is 6.10 Å². The van der Waals surface area contributed by atoms with E-state index in [1.807, 2.05) is 36.4 Å². The molecule has 1 heterocycles. The third kappa shape index (κ3) is 4.31. The lowest BCUT2D eigenvalue weighted by atomic mass is 10.1. The number of pyridine rings is 1. The van der Waals surface area contributed by atoms with Gasteiger partial charge in [0.25, 0.3) is 5.91 Å². The fraction of sp³-hybridized carbons (Fsp3) is 0.294. The molecule has 0 saturated heterocycles. The van der Waals surface area contributed by atoms with Gasteiger partial charge in [-0.25, -0.2) is 0 Å². The first-order chi connectivity index (χ1) is 10.2. The maximum absolute atomic E-state index is 12.1. The first kappa shape index (κ1) is 15.0. The van der Waals surface area contributed by atoms with Crippen LogP contribution in [0, 0.1) is 0 Å². The van der Waals surface area contributed by atoms with Crippen molar-refractivity contribution in [1.82, 2.24) is 10.3 Å². The normalized spacial score (nSPS) is 11.7. The summed E-state index contributed by atoms with van der Waals surface area (Å²) in [5.74, 6) is 0.633. The fourth-order valence-electron chi connectivity index (χ4n) is 1.99. The van der Waals surface area contributed by atoms with E-state index in [4.69, 9.17) is 4.74 Å². The van der Waals surface area contributed by atoms with Gasteiger partial charge < -0.3 is 10.1 Å². The minimum Gasteiger partial charge on any atom is -0.481 e. The second-order valence-corrected chi connectivity index (χ2v) is 4.80. The highest BCUT2D eigenvalue weighted by molar-refractivity contribution is 5.80. The van der Waals surface area contributed by atoms with Gasteiger partial charge in [-0.05, 0) is 36.6 Å². The molecule has 1 atom stereocenters. The van der Waals surface area contributed by atoms with Crippen molar-refractivity contribution in [3.05, 3.63) is 59.9 Å². The third-order valence-electron chi connectivity index (χ3n) is 3.22. The number of amides is 1. The summed E-state index contributed by atoms with van der Waals surface area (Å²) in [5.41, 5.74) is 2.07. The molecule has 0 aliphatic rings. The number of nitrogens with one attached hydrogen (secondary N) is 1. The number of benzene rings is 1. The third-order valence-corrected chi connectivity index (χ3v) is 3.22. The average Bonchev–Trinajstić information content (AvgIpc) is 2.54. The molecule has 0 bridgehead atoms. The molecule has 1 amide bonds. The molecule has 0 spiro atoms. The number of hydrogen-bond acceptors (Lipinski definition) is 3. The van der Waals surface area contributed by atoms with Crippen molar-refractivity contribution in [2.75, 3.05) is 0 Å². The van der Waals surface area contributed by atoms with Crippen molar-refractivity contribution in [3.8, 4) is 5.75 Å². The Balaban J connectivity index is 1.90.